The monoisotopic (exact) mass is 229 g/mol. The van der Waals surface area contributed by atoms with Crippen molar-refractivity contribution in [3.8, 4) is 0 Å². The Morgan fingerprint density at radius 3 is 2.44 bits per heavy atom. The van der Waals surface area contributed by atoms with Gasteiger partial charge in [0.15, 0.2) is 6.29 Å². The molecule has 3 atom stereocenters. The van der Waals surface area contributed by atoms with E-state index in [4.69, 9.17) is 9.47 Å². The van der Waals surface area contributed by atoms with Crippen LogP contribution in [0.1, 0.15) is 27.2 Å². The van der Waals surface area contributed by atoms with E-state index in [0.29, 0.717) is 5.92 Å². The summed E-state index contributed by atoms with van der Waals surface area (Å²) in [4.78, 5) is 0. The normalized spacial score (nSPS) is 31.7. The van der Waals surface area contributed by atoms with Crippen molar-refractivity contribution < 1.29 is 14.0 Å². The van der Waals surface area contributed by atoms with E-state index in [1.165, 1.54) is 26.1 Å². The zero-order valence-electron chi connectivity index (χ0n) is 11.2. The smallest absolute Gasteiger partial charge is 0.158 e. The van der Waals surface area contributed by atoms with Crippen LogP contribution in [-0.2, 0) is 9.47 Å². The summed E-state index contributed by atoms with van der Waals surface area (Å²) in [6.07, 6.45) is 1.18. The minimum atomic E-state index is -0.274. The second-order valence-corrected chi connectivity index (χ2v) is 5.13. The first-order chi connectivity index (χ1) is 7.50. The molecule has 3 nitrogen and oxygen atoms in total. The Bertz CT molecular complexity index is 204. The van der Waals surface area contributed by atoms with Crippen LogP contribution in [0.4, 0.5) is 0 Å². The Balaban J connectivity index is 2.37. The van der Waals surface area contributed by atoms with Crippen LogP contribution in [0.25, 0.3) is 0 Å². The van der Waals surface area contributed by atoms with E-state index in [9.17, 15) is 0 Å². The maximum absolute atomic E-state index is 5.59. The van der Waals surface area contributed by atoms with Gasteiger partial charge in [0.25, 0.3) is 0 Å². The Morgan fingerprint density at radius 2 is 1.94 bits per heavy atom. The Kier molecular flexibility index (Phi) is 5.22. The van der Waals surface area contributed by atoms with E-state index in [0.717, 1.165) is 11.1 Å². The van der Waals surface area contributed by atoms with Gasteiger partial charge in [-0.3, -0.25) is 0 Å². The molecule has 0 aromatic heterocycles. The third-order valence-electron chi connectivity index (χ3n) is 4.09. The van der Waals surface area contributed by atoms with Crippen LogP contribution in [0.5, 0.6) is 0 Å². The molecule has 0 aliphatic carbocycles. The summed E-state index contributed by atoms with van der Waals surface area (Å²) in [7, 11) is 2.32. The van der Waals surface area contributed by atoms with Crippen molar-refractivity contribution in [1.82, 2.24) is 0 Å². The first-order valence-electron chi connectivity index (χ1n) is 6.44. The minimum Gasteiger partial charge on any atom is -0.352 e. The quantitative estimate of drug-likeness (QED) is 0.672. The van der Waals surface area contributed by atoms with Gasteiger partial charge in [-0.25, -0.2) is 0 Å². The number of nitrogens with zero attached hydrogens (tertiary/aromatic N) is 1. The summed E-state index contributed by atoms with van der Waals surface area (Å²) in [6, 6.07) is 0. The lowest BCUT2D eigenvalue weighted by atomic mass is 9.99. The maximum atomic E-state index is 5.59. The summed E-state index contributed by atoms with van der Waals surface area (Å²) in [5.74, 6) is 0.522. The fraction of sp³-hybridized carbons (Fsp3) is 0.923. The molecule has 0 bridgehead atoms. The average molecular weight is 229 g/mol. The standard InChI is InChI=1S/C13H27NO2/c1-6-14(5,7-2)9-8-13-10-15-12(4)16-11(13)3/h11-13H,4,6-10H2,1-3,5H3/q+1. The summed E-state index contributed by atoms with van der Waals surface area (Å²) in [5.41, 5.74) is 0. The number of hydrogen-bond acceptors (Lipinski definition) is 2. The molecule has 95 valence electrons. The molecule has 0 amide bonds. The molecule has 1 aliphatic heterocycles. The zero-order chi connectivity index (χ0) is 12.2. The van der Waals surface area contributed by atoms with Gasteiger partial charge in [-0.05, 0) is 20.8 Å². The van der Waals surface area contributed by atoms with Crippen molar-refractivity contribution in [3.63, 3.8) is 0 Å². The molecular weight excluding hydrogens is 202 g/mol. The highest BCUT2D eigenvalue weighted by Gasteiger charge is 2.29. The second-order valence-electron chi connectivity index (χ2n) is 5.13. The summed E-state index contributed by atoms with van der Waals surface area (Å²) < 4.78 is 12.2. The van der Waals surface area contributed by atoms with E-state index in [1.807, 2.05) is 0 Å². The third kappa shape index (κ3) is 3.72. The SMILES string of the molecule is [CH2]C1OCC(CC[N+](C)(CC)CC)C(C)O1. The highest BCUT2D eigenvalue weighted by Crippen LogP contribution is 2.22. The van der Waals surface area contributed by atoms with Gasteiger partial charge >= 0.3 is 0 Å². The van der Waals surface area contributed by atoms with E-state index < -0.39 is 0 Å². The minimum absolute atomic E-state index is 0.274. The van der Waals surface area contributed by atoms with Gasteiger partial charge in [0, 0.05) is 19.3 Å². The van der Waals surface area contributed by atoms with Crippen molar-refractivity contribution in [2.24, 2.45) is 5.92 Å². The van der Waals surface area contributed by atoms with Crippen LogP contribution in [0, 0.1) is 12.8 Å². The molecule has 0 N–H and O–H groups in total. The van der Waals surface area contributed by atoms with Crippen LogP contribution in [0.2, 0.25) is 0 Å². The molecule has 16 heavy (non-hydrogen) atoms. The predicted octanol–water partition coefficient (Wildman–Crippen LogP) is 2.07. The van der Waals surface area contributed by atoms with Gasteiger partial charge in [0.2, 0.25) is 0 Å². The van der Waals surface area contributed by atoms with Crippen molar-refractivity contribution in [2.75, 3.05) is 33.3 Å². The lowest BCUT2D eigenvalue weighted by molar-refractivity contribution is -0.906. The molecule has 3 unspecified atom stereocenters. The molecule has 1 heterocycles. The topological polar surface area (TPSA) is 18.5 Å². The van der Waals surface area contributed by atoms with Crippen molar-refractivity contribution >= 4 is 0 Å². The molecule has 1 saturated heterocycles. The predicted molar refractivity (Wildman–Crippen MR) is 65.9 cm³/mol. The number of rotatable bonds is 5. The number of quaternary nitrogens is 1. The molecule has 0 spiro atoms. The maximum Gasteiger partial charge on any atom is 0.158 e. The third-order valence-corrected chi connectivity index (χ3v) is 4.09. The second kappa shape index (κ2) is 5.99. The zero-order valence-corrected chi connectivity index (χ0v) is 11.2. The van der Waals surface area contributed by atoms with Crippen molar-refractivity contribution in [3.05, 3.63) is 6.92 Å². The van der Waals surface area contributed by atoms with E-state index in [1.54, 1.807) is 0 Å². The Morgan fingerprint density at radius 1 is 1.31 bits per heavy atom. The van der Waals surface area contributed by atoms with Gasteiger partial charge in [-0.2, -0.15) is 0 Å². The van der Waals surface area contributed by atoms with Gasteiger partial charge < -0.3 is 14.0 Å². The first kappa shape index (κ1) is 13.9. The molecule has 0 saturated carbocycles. The summed E-state index contributed by atoms with van der Waals surface area (Å²) >= 11 is 0. The van der Waals surface area contributed by atoms with Crippen molar-refractivity contribution in [1.29, 1.82) is 0 Å². The lowest BCUT2D eigenvalue weighted by Gasteiger charge is -2.37. The highest BCUT2D eigenvalue weighted by atomic mass is 16.7. The summed E-state index contributed by atoms with van der Waals surface area (Å²) in [6.45, 7) is 14.8. The van der Waals surface area contributed by atoms with Crippen LogP contribution >= 0.6 is 0 Å². The van der Waals surface area contributed by atoms with E-state index in [2.05, 4.69) is 34.7 Å². The van der Waals surface area contributed by atoms with E-state index in [-0.39, 0.29) is 12.4 Å². The average Bonchev–Trinajstić information content (AvgIpc) is 2.27. The fourth-order valence-electron chi connectivity index (χ4n) is 2.09. The number of ether oxygens (including phenoxy) is 2. The lowest BCUT2D eigenvalue weighted by Crippen LogP contribution is -2.47. The molecular formula is C13H27NO2+. The number of hydrogen-bond donors (Lipinski definition) is 0. The van der Waals surface area contributed by atoms with Gasteiger partial charge in [-0.1, -0.05) is 0 Å². The molecule has 1 fully saturated rings. The molecule has 3 heteroatoms. The molecule has 1 radical (unpaired) electrons. The van der Waals surface area contributed by atoms with Gasteiger partial charge in [0.05, 0.1) is 39.4 Å². The highest BCUT2D eigenvalue weighted by molar-refractivity contribution is 4.71. The van der Waals surface area contributed by atoms with Gasteiger partial charge in [-0.15, -0.1) is 0 Å². The summed E-state index contributed by atoms with van der Waals surface area (Å²) in [5, 5.41) is 0. The van der Waals surface area contributed by atoms with Crippen LogP contribution in [0.15, 0.2) is 0 Å². The first-order valence-corrected chi connectivity index (χ1v) is 6.44. The largest absolute Gasteiger partial charge is 0.352 e. The van der Waals surface area contributed by atoms with Gasteiger partial charge in [0.1, 0.15) is 0 Å². The Labute approximate surface area is 100 Å². The van der Waals surface area contributed by atoms with Crippen LogP contribution in [0.3, 0.4) is 0 Å². The molecule has 1 aliphatic rings. The molecule has 0 aromatic rings. The van der Waals surface area contributed by atoms with Crippen LogP contribution in [-0.4, -0.2) is 50.2 Å². The van der Waals surface area contributed by atoms with Crippen LogP contribution < -0.4 is 0 Å². The van der Waals surface area contributed by atoms with E-state index >= 15 is 0 Å². The molecule has 0 aromatic carbocycles. The molecule has 1 rings (SSSR count). The fourth-order valence-corrected chi connectivity index (χ4v) is 2.09. The van der Waals surface area contributed by atoms with Crippen molar-refractivity contribution in [2.45, 2.75) is 39.6 Å². The Hall–Kier alpha value is -0.120.